The van der Waals surface area contributed by atoms with Crippen molar-refractivity contribution < 1.29 is 0 Å². The maximum absolute atomic E-state index is 4.52. The number of hydrogen-bond acceptors (Lipinski definition) is 3. The molecule has 0 fully saturated rings. The minimum Gasteiger partial charge on any atom is -0.237 e. The fourth-order valence-corrected chi connectivity index (χ4v) is 2.40. The van der Waals surface area contributed by atoms with E-state index in [9.17, 15) is 0 Å². The summed E-state index contributed by atoms with van der Waals surface area (Å²) in [7, 11) is 0. The second kappa shape index (κ2) is 4.55. The summed E-state index contributed by atoms with van der Waals surface area (Å²) in [4.78, 5) is 9.97. The molecule has 0 N–H and O–H groups in total. The van der Waals surface area contributed by atoms with Crippen LogP contribution in [0, 0.1) is 0 Å². The van der Waals surface area contributed by atoms with Crippen LogP contribution in [-0.2, 0) is 0 Å². The average molecular weight is 238 g/mol. The first-order valence-corrected chi connectivity index (χ1v) is 6.18. The number of pyridine rings is 2. The molecule has 0 aliphatic carbocycles. The molecular formula is C14H10N2S. The van der Waals surface area contributed by atoms with E-state index in [-0.39, 0.29) is 0 Å². The molecular weight excluding hydrogens is 228 g/mol. The van der Waals surface area contributed by atoms with Crippen molar-refractivity contribution in [1.82, 2.24) is 9.97 Å². The monoisotopic (exact) mass is 238 g/mol. The molecule has 3 rings (SSSR count). The largest absolute Gasteiger partial charge is 0.237 e. The number of rotatable bonds is 2. The molecule has 0 aliphatic rings. The van der Waals surface area contributed by atoms with Gasteiger partial charge in [0.15, 0.2) is 5.65 Å². The molecule has 0 aliphatic heterocycles. The lowest BCUT2D eigenvalue weighted by Crippen LogP contribution is -1.85. The Bertz CT molecular complexity index is 638. The van der Waals surface area contributed by atoms with Gasteiger partial charge in [-0.15, -0.1) is 0 Å². The van der Waals surface area contributed by atoms with Crippen LogP contribution in [0.3, 0.4) is 0 Å². The lowest BCUT2D eigenvalue weighted by molar-refractivity contribution is 1.14. The summed E-state index contributed by atoms with van der Waals surface area (Å²) in [5, 5.41) is 2.05. The van der Waals surface area contributed by atoms with Crippen molar-refractivity contribution in [3.63, 3.8) is 0 Å². The van der Waals surface area contributed by atoms with Crippen LogP contribution in [0.1, 0.15) is 0 Å². The summed E-state index contributed by atoms with van der Waals surface area (Å²) < 4.78 is 0. The van der Waals surface area contributed by atoms with Gasteiger partial charge in [-0.2, -0.15) is 0 Å². The van der Waals surface area contributed by atoms with Gasteiger partial charge in [-0.3, -0.25) is 0 Å². The third-order valence-corrected chi connectivity index (χ3v) is 3.35. The Labute approximate surface area is 104 Å². The Morgan fingerprint density at radius 1 is 0.824 bits per heavy atom. The van der Waals surface area contributed by atoms with Crippen molar-refractivity contribution in [2.75, 3.05) is 0 Å². The van der Waals surface area contributed by atoms with Gasteiger partial charge < -0.3 is 0 Å². The number of nitrogens with zero attached hydrogens (tertiary/aromatic N) is 2. The van der Waals surface area contributed by atoms with Crippen LogP contribution in [0.5, 0.6) is 0 Å². The fraction of sp³-hybridized carbons (Fsp3) is 0. The van der Waals surface area contributed by atoms with Gasteiger partial charge in [0.25, 0.3) is 0 Å². The number of aromatic nitrogens is 2. The van der Waals surface area contributed by atoms with Crippen LogP contribution in [0.25, 0.3) is 11.0 Å². The standard InChI is InChI=1S/C14H10N2S/c1-2-6-12(7-3-1)17-13-9-8-11-5-4-10-15-14(11)16-13/h1-10H. The van der Waals surface area contributed by atoms with E-state index in [4.69, 9.17) is 0 Å². The lowest BCUT2D eigenvalue weighted by Gasteiger charge is -2.01. The Kier molecular flexibility index (Phi) is 2.76. The molecule has 0 bridgehead atoms. The highest BCUT2D eigenvalue weighted by Crippen LogP contribution is 2.26. The highest BCUT2D eigenvalue weighted by Gasteiger charge is 2.00. The van der Waals surface area contributed by atoms with E-state index in [1.165, 1.54) is 4.90 Å². The summed E-state index contributed by atoms with van der Waals surface area (Å²) in [6.45, 7) is 0. The minimum atomic E-state index is 0.799. The zero-order valence-corrected chi connectivity index (χ0v) is 9.89. The van der Waals surface area contributed by atoms with E-state index in [1.54, 1.807) is 18.0 Å². The highest BCUT2D eigenvalue weighted by atomic mass is 32.2. The van der Waals surface area contributed by atoms with E-state index in [1.807, 2.05) is 36.4 Å². The summed E-state index contributed by atoms with van der Waals surface area (Å²) in [6.07, 6.45) is 1.77. The van der Waals surface area contributed by atoms with Crippen LogP contribution in [0.15, 0.2) is 70.7 Å². The van der Waals surface area contributed by atoms with E-state index >= 15 is 0 Å². The molecule has 0 radical (unpaired) electrons. The maximum Gasteiger partial charge on any atom is 0.160 e. The molecule has 0 atom stereocenters. The minimum absolute atomic E-state index is 0.799. The van der Waals surface area contributed by atoms with Crippen molar-refractivity contribution in [1.29, 1.82) is 0 Å². The van der Waals surface area contributed by atoms with Crippen molar-refractivity contribution >= 4 is 22.8 Å². The predicted octanol–water partition coefficient (Wildman–Crippen LogP) is 3.78. The predicted molar refractivity (Wildman–Crippen MR) is 70.1 cm³/mol. The summed E-state index contributed by atoms with van der Waals surface area (Å²) in [5.74, 6) is 0. The molecule has 0 saturated carbocycles. The van der Waals surface area contributed by atoms with E-state index in [0.29, 0.717) is 0 Å². The molecule has 3 aromatic rings. The number of fused-ring (bicyclic) bond motifs is 1. The van der Waals surface area contributed by atoms with Crippen molar-refractivity contribution in [2.45, 2.75) is 9.92 Å². The second-order valence-electron chi connectivity index (χ2n) is 3.61. The Hall–Kier alpha value is -1.87. The molecule has 0 saturated heterocycles. The molecule has 3 heteroatoms. The van der Waals surface area contributed by atoms with Crippen LogP contribution in [0.4, 0.5) is 0 Å². The van der Waals surface area contributed by atoms with Crippen LogP contribution < -0.4 is 0 Å². The molecule has 0 amide bonds. The van der Waals surface area contributed by atoms with Crippen molar-refractivity contribution in [3.05, 3.63) is 60.8 Å². The van der Waals surface area contributed by atoms with Gasteiger partial charge in [-0.1, -0.05) is 30.0 Å². The quantitative estimate of drug-likeness (QED) is 0.679. The Balaban J connectivity index is 1.96. The zero-order valence-electron chi connectivity index (χ0n) is 9.08. The molecule has 82 valence electrons. The Morgan fingerprint density at radius 2 is 1.71 bits per heavy atom. The topological polar surface area (TPSA) is 25.8 Å². The van der Waals surface area contributed by atoms with Gasteiger partial charge in [0, 0.05) is 16.5 Å². The molecule has 0 unspecified atom stereocenters. The lowest BCUT2D eigenvalue weighted by atomic mass is 10.3. The number of hydrogen-bond donors (Lipinski definition) is 0. The normalized spacial score (nSPS) is 10.6. The smallest absolute Gasteiger partial charge is 0.160 e. The van der Waals surface area contributed by atoms with Gasteiger partial charge in [0.1, 0.15) is 5.03 Å². The first kappa shape index (κ1) is 10.3. The van der Waals surface area contributed by atoms with E-state index in [2.05, 4.69) is 28.2 Å². The third kappa shape index (κ3) is 2.29. The van der Waals surface area contributed by atoms with E-state index in [0.717, 1.165) is 16.1 Å². The summed E-state index contributed by atoms with van der Waals surface area (Å²) in [5.41, 5.74) is 0.799. The third-order valence-electron chi connectivity index (χ3n) is 2.40. The second-order valence-corrected chi connectivity index (χ2v) is 4.71. The van der Waals surface area contributed by atoms with Crippen molar-refractivity contribution in [3.8, 4) is 0 Å². The first-order valence-electron chi connectivity index (χ1n) is 5.36. The van der Waals surface area contributed by atoms with Crippen LogP contribution in [-0.4, -0.2) is 9.97 Å². The molecule has 17 heavy (non-hydrogen) atoms. The van der Waals surface area contributed by atoms with Gasteiger partial charge in [0.2, 0.25) is 0 Å². The molecule has 1 aromatic carbocycles. The Morgan fingerprint density at radius 3 is 2.59 bits per heavy atom. The van der Waals surface area contributed by atoms with Gasteiger partial charge in [-0.25, -0.2) is 9.97 Å². The van der Waals surface area contributed by atoms with Gasteiger partial charge in [-0.05, 0) is 36.4 Å². The van der Waals surface area contributed by atoms with Gasteiger partial charge in [0.05, 0.1) is 0 Å². The first-order chi connectivity index (χ1) is 8.42. The zero-order chi connectivity index (χ0) is 11.5. The molecule has 0 spiro atoms. The van der Waals surface area contributed by atoms with Gasteiger partial charge >= 0.3 is 0 Å². The van der Waals surface area contributed by atoms with Crippen LogP contribution >= 0.6 is 11.8 Å². The van der Waals surface area contributed by atoms with Crippen LogP contribution in [0.2, 0.25) is 0 Å². The molecule has 2 nitrogen and oxygen atoms in total. The van der Waals surface area contributed by atoms with E-state index < -0.39 is 0 Å². The molecule has 2 heterocycles. The number of benzene rings is 1. The summed E-state index contributed by atoms with van der Waals surface area (Å²) in [6, 6.07) is 18.3. The summed E-state index contributed by atoms with van der Waals surface area (Å²) >= 11 is 1.65. The van der Waals surface area contributed by atoms with Crippen molar-refractivity contribution in [2.24, 2.45) is 0 Å². The fourth-order valence-electron chi connectivity index (χ4n) is 1.60. The highest BCUT2D eigenvalue weighted by molar-refractivity contribution is 7.99. The maximum atomic E-state index is 4.52. The molecule has 2 aromatic heterocycles. The SMILES string of the molecule is c1ccc(Sc2ccc3cccnc3n2)cc1. The average Bonchev–Trinajstić information content (AvgIpc) is 2.40.